The Kier molecular flexibility index (Phi) is 7.25. The molecule has 0 N–H and O–H groups in total. The van der Waals surface area contributed by atoms with Gasteiger partial charge in [-0.25, -0.2) is 9.79 Å². The van der Waals surface area contributed by atoms with E-state index in [0.29, 0.717) is 42.0 Å². The fourth-order valence-corrected chi connectivity index (χ4v) is 5.25. The predicted molar refractivity (Wildman–Crippen MR) is 135 cm³/mol. The first-order valence-electron chi connectivity index (χ1n) is 10.6. The SMILES string of the molecule is CCOC(=O)C1=C(C)N=c2sc(=Cc3ccc(Cl)cc3Cl)c(=O)n2[C@H]1c1ccc(OC(C)=O)cc1. The van der Waals surface area contributed by atoms with Gasteiger partial charge in [-0.3, -0.25) is 14.2 Å². The van der Waals surface area contributed by atoms with Crippen LogP contribution >= 0.6 is 34.5 Å². The maximum atomic E-state index is 13.6. The van der Waals surface area contributed by atoms with Crippen LogP contribution in [0.4, 0.5) is 0 Å². The summed E-state index contributed by atoms with van der Waals surface area (Å²) in [7, 11) is 0. The standard InChI is InChI=1S/C25H20Cl2N2O5S/c1-4-33-24(32)21-13(2)28-25-29(22(21)15-6-9-18(10-7-15)34-14(3)30)23(31)20(35-25)11-16-5-8-17(26)12-19(16)27/h5-12,22H,4H2,1-3H3/t22-/m0/s1. The van der Waals surface area contributed by atoms with Gasteiger partial charge in [0.15, 0.2) is 4.80 Å². The first-order chi connectivity index (χ1) is 16.7. The van der Waals surface area contributed by atoms with Crippen molar-refractivity contribution in [2.45, 2.75) is 26.8 Å². The maximum Gasteiger partial charge on any atom is 0.338 e. The number of benzene rings is 2. The molecule has 0 amide bonds. The monoisotopic (exact) mass is 530 g/mol. The van der Waals surface area contributed by atoms with Gasteiger partial charge in [0.2, 0.25) is 0 Å². The van der Waals surface area contributed by atoms with Crippen LogP contribution in [0.25, 0.3) is 6.08 Å². The molecule has 1 aromatic heterocycles. The third-order valence-electron chi connectivity index (χ3n) is 5.22. The van der Waals surface area contributed by atoms with Crippen LogP contribution in [-0.2, 0) is 14.3 Å². The van der Waals surface area contributed by atoms with Gasteiger partial charge in [-0.2, -0.15) is 0 Å². The van der Waals surface area contributed by atoms with Crippen LogP contribution in [0.15, 0.2) is 63.5 Å². The fraction of sp³-hybridized carbons (Fsp3) is 0.200. The molecule has 7 nitrogen and oxygen atoms in total. The zero-order valence-electron chi connectivity index (χ0n) is 19.0. The molecule has 0 fully saturated rings. The Morgan fingerprint density at radius 3 is 2.51 bits per heavy atom. The van der Waals surface area contributed by atoms with Gasteiger partial charge in [-0.15, -0.1) is 0 Å². The van der Waals surface area contributed by atoms with Crippen LogP contribution in [0, 0.1) is 0 Å². The van der Waals surface area contributed by atoms with Gasteiger partial charge in [0.25, 0.3) is 5.56 Å². The molecule has 0 saturated heterocycles. The molecular formula is C25H20Cl2N2O5S. The highest BCUT2D eigenvalue weighted by molar-refractivity contribution is 7.07. The molecule has 0 spiro atoms. The average molecular weight is 531 g/mol. The molecule has 0 unspecified atom stereocenters. The number of halogens is 2. The van der Waals surface area contributed by atoms with E-state index in [9.17, 15) is 14.4 Å². The van der Waals surface area contributed by atoms with Gasteiger partial charge in [-0.05, 0) is 55.3 Å². The lowest BCUT2D eigenvalue weighted by Gasteiger charge is -2.24. The molecular weight excluding hydrogens is 511 g/mol. The van der Waals surface area contributed by atoms with Crippen molar-refractivity contribution >= 4 is 52.6 Å². The summed E-state index contributed by atoms with van der Waals surface area (Å²) in [5.41, 5.74) is 1.65. The van der Waals surface area contributed by atoms with Crippen LogP contribution < -0.4 is 19.6 Å². The Morgan fingerprint density at radius 2 is 1.89 bits per heavy atom. The van der Waals surface area contributed by atoms with Gasteiger partial charge < -0.3 is 9.47 Å². The number of ether oxygens (including phenoxy) is 2. The Hall–Kier alpha value is -3.20. The number of fused-ring (bicyclic) bond motifs is 1. The molecule has 35 heavy (non-hydrogen) atoms. The molecule has 10 heteroatoms. The smallest absolute Gasteiger partial charge is 0.338 e. The number of carbonyl (C=O) groups is 2. The first-order valence-corrected chi connectivity index (χ1v) is 12.2. The van der Waals surface area contributed by atoms with Crippen molar-refractivity contribution in [2.24, 2.45) is 4.99 Å². The van der Waals surface area contributed by atoms with E-state index in [4.69, 9.17) is 32.7 Å². The van der Waals surface area contributed by atoms with E-state index in [1.165, 1.54) is 22.8 Å². The fourth-order valence-electron chi connectivity index (χ4n) is 3.75. The highest BCUT2D eigenvalue weighted by Crippen LogP contribution is 2.31. The number of allylic oxidation sites excluding steroid dienone is 1. The highest BCUT2D eigenvalue weighted by atomic mass is 35.5. The van der Waals surface area contributed by atoms with Crippen molar-refractivity contribution in [2.75, 3.05) is 6.61 Å². The van der Waals surface area contributed by atoms with Crippen LogP contribution in [0.1, 0.15) is 37.9 Å². The third-order valence-corrected chi connectivity index (χ3v) is 6.77. The minimum Gasteiger partial charge on any atom is -0.463 e. The average Bonchev–Trinajstić information content (AvgIpc) is 3.09. The third kappa shape index (κ3) is 5.10. The summed E-state index contributed by atoms with van der Waals surface area (Å²) in [6, 6.07) is 10.9. The number of nitrogens with zero attached hydrogens (tertiary/aromatic N) is 2. The van der Waals surface area contributed by atoms with Gasteiger partial charge >= 0.3 is 11.9 Å². The molecule has 1 aliphatic rings. The largest absolute Gasteiger partial charge is 0.463 e. The molecule has 1 aliphatic heterocycles. The number of hydrogen-bond acceptors (Lipinski definition) is 7. The van der Waals surface area contributed by atoms with E-state index in [2.05, 4.69) is 4.99 Å². The molecule has 180 valence electrons. The Labute approximate surface area is 214 Å². The van der Waals surface area contributed by atoms with Gasteiger partial charge in [0.1, 0.15) is 5.75 Å². The second-order valence-corrected chi connectivity index (χ2v) is 9.48. The van der Waals surface area contributed by atoms with E-state index >= 15 is 0 Å². The molecule has 0 aliphatic carbocycles. The summed E-state index contributed by atoms with van der Waals surface area (Å²) < 4.78 is 12.3. The van der Waals surface area contributed by atoms with E-state index < -0.39 is 18.0 Å². The van der Waals surface area contributed by atoms with Crippen LogP contribution in [0.5, 0.6) is 5.75 Å². The number of hydrogen-bond donors (Lipinski definition) is 0. The highest BCUT2D eigenvalue weighted by Gasteiger charge is 2.33. The zero-order chi connectivity index (χ0) is 25.3. The van der Waals surface area contributed by atoms with Crippen molar-refractivity contribution in [3.05, 3.63) is 94.6 Å². The Morgan fingerprint density at radius 1 is 1.17 bits per heavy atom. The minimum absolute atomic E-state index is 0.174. The van der Waals surface area contributed by atoms with E-state index in [0.717, 1.165) is 0 Å². The molecule has 0 radical (unpaired) electrons. The summed E-state index contributed by atoms with van der Waals surface area (Å²) in [6.07, 6.45) is 1.67. The molecule has 3 aromatic rings. The number of aromatic nitrogens is 1. The minimum atomic E-state index is -0.778. The van der Waals surface area contributed by atoms with E-state index in [-0.39, 0.29) is 17.7 Å². The first kappa shape index (κ1) is 24.9. The number of rotatable bonds is 5. The Bertz CT molecular complexity index is 1540. The van der Waals surface area contributed by atoms with Crippen LogP contribution in [0.2, 0.25) is 10.0 Å². The molecule has 2 aromatic carbocycles. The van der Waals surface area contributed by atoms with Gasteiger partial charge in [0, 0.05) is 17.0 Å². The van der Waals surface area contributed by atoms with Crippen molar-refractivity contribution in [1.82, 2.24) is 4.57 Å². The summed E-state index contributed by atoms with van der Waals surface area (Å²) in [4.78, 5) is 42.8. The Balaban J connectivity index is 1.91. The van der Waals surface area contributed by atoms with E-state index in [1.54, 1.807) is 62.4 Å². The molecule has 1 atom stereocenters. The molecule has 0 saturated carbocycles. The summed E-state index contributed by atoms with van der Waals surface area (Å²) in [5, 5.41) is 0.893. The topological polar surface area (TPSA) is 87.0 Å². The van der Waals surface area contributed by atoms with Crippen LogP contribution in [0.3, 0.4) is 0 Å². The second kappa shape index (κ2) is 10.2. The summed E-state index contributed by atoms with van der Waals surface area (Å²) in [6.45, 7) is 4.90. The van der Waals surface area contributed by atoms with Crippen molar-refractivity contribution in [3.8, 4) is 5.75 Å². The molecule has 0 bridgehead atoms. The van der Waals surface area contributed by atoms with Crippen molar-refractivity contribution < 1.29 is 19.1 Å². The normalized spacial score (nSPS) is 15.5. The van der Waals surface area contributed by atoms with E-state index in [1.807, 2.05) is 0 Å². The maximum absolute atomic E-state index is 13.6. The quantitative estimate of drug-likeness (QED) is 0.367. The lowest BCUT2D eigenvalue weighted by Crippen LogP contribution is -2.39. The number of carbonyl (C=O) groups excluding carboxylic acids is 2. The summed E-state index contributed by atoms with van der Waals surface area (Å²) in [5.74, 6) is -0.656. The van der Waals surface area contributed by atoms with Crippen molar-refractivity contribution in [1.29, 1.82) is 0 Å². The second-order valence-electron chi connectivity index (χ2n) is 7.63. The summed E-state index contributed by atoms with van der Waals surface area (Å²) >= 11 is 13.5. The van der Waals surface area contributed by atoms with Crippen molar-refractivity contribution in [3.63, 3.8) is 0 Å². The van der Waals surface area contributed by atoms with Gasteiger partial charge in [-0.1, -0.05) is 52.7 Å². The van der Waals surface area contributed by atoms with Gasteiger partial charge in [0.05, 0.1) is 28.5 Å². The van der Waals surface area contributed by atoms with Crippen LogP contribution in [-0.4, -0.2) is 23.1 Å². The zero-order valence-corrected chi connectivity index (χ0v) is 21.3. The molecule has 2 heterocycles. The number of thiazole rings is 1. The lowest BCUT2D eigenvalue weighted by molar-refractivity contribution is -0.139. The number of esters is 2. The molecule has 4 rings (SSSR count). The predicted octanol–water partition coefficient (Wildman–Crippen LogP) is 4.03. The lowest BCUT2D eigenvalue weighted by atomic mass is 9.96.